The number of aliphatic hydroxyl groups is 2. The fourth-order valence-corrected chi connectivity index (χ4v) is 2.26. The van der Waals surface area contributed by atoms with Crippen LogP contribution in [0.5, 0.6) is 0 Å². The second kappa shape index (κ2) is 6.41. The molecule has 0 aliphatic carbocycles. The molecule has 0 spiro atoms. The zero-order valence-corrected chi connectivity index (χ0v) is 13.0. The van der Waals surface area contributed by atoms with E-state index >= 15 is 0 Å². The molecule has 0 saturated carbocycles. The molecule has 4 heteroatoms. The smallest absolute Gasteiger partial charge is 0.113 e. The number of imidazole rings is 1. The SMILES string of the molecule is CC(C)(C)c1ccc(Cc2nccn2CC(O)CO)cc1. The van der Waals surface area contributed by atoms with Gasteiger partial charge in [0.2, 0.25) is 0 Å². The van der Waals surface area contributed by atoms with Crippen molar-refractivity contribution in [3.8, 4) is 0 Å². The van der Waals surface area contributed by atoms with Crippen molar-refractivity contribution in [2.45, 2.75) is 45.3 Å². The van der Waals surface area contributed by atoms with Gasteiger partial charge in [0, 0.05) is 18.8 Å². The highest BCUT2D eigenvalue weighted by molar-refractivity contribution is 5.29. The van der Waals surface area contributed by atoms with Crippen molar-refractivity contribution in [2.24, 2.45) is 0 Å². The molecule has 0 aliphatic rings. The van der Waals surface area contributed by atoms with Gasteiger partial charge < -0.3 is 14.8 Å². The minimum Gasteiger partial charge on any atom is -0.394 e. The van der Waals surface area contributed by atoms with Crippen LogP contribution in [0.1, 0.15) is 37.7 Å². The van der Waals surface area contributed by atoms with E-state index in [4.69, 9.17) is 5.11 Å². The van der Waals surface area contributed by atoms with E-state index < -0.39 is 6.10 Å². The van der Waals surface area contributed by atoms with Crippen molar-refractivity contribution in [3.63, 3.8) is 0 Å². The normalized spacial score (nSPS) is 13.4. The quantitative estimate of drug-likeness (QED) is 0.886. The van der Waals surface area contributed by atoms with Crippen molar-refractivity contribution in [1.29, 1.82) is 0 Å². The zero-order valence-electron chi connectivity index (χ0n) is 13.0. The molecule has 1 atom stereocenters. The van der Waals surface area contributed by atoms with Gasteiger partial charge in [-0.1, -0.05) is 45.0 Å². The van der Waals surface area contributed by atoms with Crippen LogP contribution in [0.25, 0.3) is 0 Å². The fourth-order valence-electron chi connectivity index (χ4n) is 2.26. The van der Waals surface area contributed by atoms with E-state index in [1.54, 1.807) is 6.20 Å². The van der Waals surface area contributed by atoms with Crippen LogP contribution in [-0.2, 0) is 18.4 Å². The summed E-state index contributed by atoms with van der Waals surface area (Å²) in [5.41, 5.74) is 2.65. The van der Waals surface area contributed by atoms with Crippen molar-refractivity contribution in [1.82, 2.24) is 9.55 Å². The molecule has 4 nitrogen and oxygen atoms in total. The highest BCUT2D eigenvalue weighted by Gasteiger charge is 2.13. The maximum absolute atomic E-state index is 9.55. The number of aliphatic hydroxyl groups excluding tert-OH is 2. The number of benzene rings is 1. The van der Waals surface area contributed by atoms with Gasteiger partial charge in [-0.3, -0.25) is 0 Å². The second-order valence-electron chi connectivity index (χ2n) is 6.46. The lowest BCUT2D eigenvalue weighted by Crippen LogP contribution is -2.20. The third kappa shape index (κ3) is 4.16. The predicted molar refractivity (Wildman–Crippen MR) is 83.3 cm³/mol. The summed E-state index contributed by atoms with van der Waals surface area (Å²) < 4.78 is 1.89. The maximum Gasteiger partial charge on any atom is 0.113 e. The molecule has 2 rings (SSSR count). The molecule has 0 fully saturated rings. The molecular formula is C17H24N2O2. The van der Waals surface area contributed by atoms with E-state index in [9.17, 15) is 5.11 Å². The predicted octanol–water partition coefficient (Wildman–Crippen LogP) is 2.12. The first kappa shape index (κ1) is 15.7. The van der Waals surface area contributed by atoms with Gasteiger partial charge in [-0.2, -0.15) is 0 Å². The van der Waals surface area contributed by atoms with Crippen molar-refractivity contribution in [3.05, 3.63) is 53.6 Å². The molecule has 0 amide bonds. The standard InChI is InChI=1S/C17H24N2O2/c1-17(2,3)14-6-4-13(5-7-14)10-16-18-8-9-19(16)11-15(21)12-20/h4-9,15,20-21H,10-12H2,1-3H3. The first-order valence-electron chi connectivity index (χ1n) is 7.28. The third-order valence-corrected chi connectivity index (χ3v) is 3.60. The Morgan fingerprint density at radius 3 is 2.43 bits per heavy atom. The molecule has 1 unspecified atom stereocenters. The van der Waals surface area contributed by atoms with E-state index in [2.05, 4.69) is 50.0 Å². The largest absolute Gasteiger partial charge is 0.394 e. The molecule has 0 bridgehead atoms. The zero-order chi connectivity index (χ0) is 15.5. The number of nitrogens with zero attached hydrogens (tertiary/aromatic N) is 2. The van der Waals surface area contributed by atoms with Crippen molar-refractivity contribution < 1.29 is 10.2 Å². The van der Waals surface area contributed by atoms with Gasteiger partial charge in [-0.25, -0.2) is 4.98 Å². The van der Waals surface area contributed by atoms with Crippen LogP contribution in [0.15, 0.2) is 36.7 Å². The minimum absolute atomic E-state index is 0.155. The van der Waals surface area contributed by atoms with Gasteiger partial charge in [0.05, 0.1) is 19.3 Å². The Kier molecular flexibility index (Phi) is 4.80. The van der Waals surface area contributed by atoms with E-state index in [1.165, 1.54) is 11.1 Å². The topological polar surface area (TPSA) is 58.3 Å². The Labute approximate surface area is 126 Å². The highest BCUT2D eigenvalue weighted by atomic mass is 16.3. The lowest BCUT2D eigenvalue weighted by atomic mass is 9.86. The van der Waals surface area contributed by atoms with Crippen LogP contribution in [0.4, 0.5) is 0 Å². The fraction of sp³-hybridized carbons (Fsp3) is 0.471. The van der Waals surface area contributed by atoms with Crippen molar-refractivity contribution >= 4 is 0 Å². The van der Waals surface area contributed by atoms with E-state index in [0.29, 0.717) is 6.54 Å². The van der Waals surface area contributed by atoms with Crippen LogP contribution in [0.2, 0.25) is 0 Å². The number of rotatable bonds is 5. The van der Waals surface area contributed by atoms with Crippen LogP contribution >= 0.6 is 0 Å². The summed E-state index contributed by atoms with van der Waals surface area (Å²) in [6.07, 6.45) is 3.53. The number of hydrogen-bond acceptors (Lipinski definition) is 3. The molecular weight excluding hydrogens is 264 g/mol. The highest BCUT2D eigenvalue weighted by Crippen LogP contribution is 2.22. The van der Waals surface area contributed by atoms with E-state index in [-0.39, 0.29) is 12.0 Å². The average molecular weight is 288 g/mol. The first-order chi connectivity index (χ1) is 9.90. The van der Waals surface area contributed by atoms with Crippen LogP contribution in [0, 0.1) is 0 Å². The Bertz CT molecular complexity index is 567. The molecule has 0 saturated heterocycles. The van der Waals surface area contributed by atoms with Crippen LogP contribution in [-0.4, -0.2) is 32.5 Å². The molecule has 2 N–H and O–H groups in total. The van der Waals surface area contributed by atoms with Crippen LogP contribution in [0.3, 0.4) is 0 Å². The third-order valence-electron chi connectivity index (χ3n) is 3.60. The monoisotopic (exact) mass is 288 g/mol. The van der Waals surface area contributed by atoms with Gasteiger partial charge >= 0.3 is 0 Å². The number of hydrogen-bond donors (Lipinski definition) is 2. The molecule has 0 aliphatic heterocycles. The van der Waals surface area contributed by atoms with Gasteiger partial charge in [0.15, 0.2) is 0 Å². The average Bonchev–Trinajstić information content (AvgIpc) is 2.85. The molecule has 2 aromatic rings. The van der Waals surface area contributed by atoms with E-state index in [1.807, 2.05) is 10.8 Å². The van der Waals surface area contributed by atoms with Gasteiger partial charge in [-0.05, 0) is 16.5 Å². The summed E-state index contributed by atoms with van der Waals surface area (Å²) in [4.78, 5) is 4.34. The van der Waals surface area contributed by atoms with Gasteiger partial charge in [0.1, 0.15) is 5.82 Å². The minimum atomic E-state index is -0.749. The molecule has 0 radical (unpaired) electrons. The summed E-state index contributed by atoms with van der Waals surface area (Å²) in [5.74, 6) is 0.894. The molecule has 1 aromatic heterocycles. The summed E-state index contributed by atoms with van der Waals surface area (Å²) in [7, 11) is 0. The molecule has 21 heavy (non-hydrogen) atoms. The van der Waals surface area contributed by atoms with Crippen LogP contribution < -0.4 is 0 Å². The number of aromatic nitrogens is 2. The summed E-state index contributed by atoms with van der Waals surface area (Å²) >= 11 is 0. The lowest BCUT2D eigenvalue weighted by molar-refractivity contribution is 0.0806. The summed E-state index contributed by atoms with van der Waals surface area (Å²) in [6, 6.07) is 8.57. The van der Waals surface area contributed by atoms with Gasteiger partial charge in [0.25, 0.3) is 0 Å². The van der Waals surface area contributed by atoms with Crippen molar-refractivity contribution in [2.75, 3.05) is 6.61 Å². The first-order valence-corrected chi connectivity index (χ1v) is 7.28. The van der Waals surface area contributed by atoms with E-state index in [0.717, 1.165) is 12.2 Å². The Morgan fingerprint density at radius 1 is 1.19 bits per heavy atom. The van der Waals surface area contributed by atoms with Gasteiger partial charge in [-0.15, -0.1) is 0 Å². The molecule has 114 valence electrons. The lowest BCUT2D eigenvalue weighted by Gasteiger charge is -2.19. The Morgan fingerprint density at radius 2 is 1.86 bits per heavy atom. The molecule has 1 aromatic carbocycles. The Balaban J connectivity index is 2.10. The summed E-state index contributed by atoms with van der Waals surface area (Å²) in [6.45, 7) is 6.73. The summed E-state index contributed by atoms with van der Waals surface area (Å²) in [5, 5.41) is 18.5. The second-order valence-corrected chi connectivity index (χ2v) is 6.46. The maximum atomic E-state index is 9.55. The molecule has 1 heterocycles. The Hall–Kier alpha value is -1.65.